The molecule has 0 heterocycles. The van der Waals surface area contributed by atoms with Gasteiger partial charge in [0.1, 0.15) is 5.75 Å². The minimum atomic E-state index is -4.17. The van der Waals surface area contributed by atoms with E-state index in [0.717, 1.165) is 0 Å². The fourth-order valence-corrected chi connectivity index (χ4v) is 1.89. The summed E-state index contributed by atoms with van der Waals surface area (Å²) in [6, 6.07) is 8.72. The van der Waals surface area contributed by atoms with Crippen molar-refractivity contribution in [3.05, 3.63) is 36.4 Å². The van der Waals surface area contributed by atoms with Gasteiger partial charge in [0.2, 0.25) is 0 Å². The summed E-state index contributed by atoms with van der Waals surface area (Å²) in [6.45, 7) is 0. The zero-order valence-electron chi connectivity index (χ0n) is 7.58. The summed E-state index contributed by atoms with van der Waals surface area (Å²) in [5.41, 5.74) is 0. The van der Waals surface area contributed by atoms with Crippen LogP contribution in [-0.2, 0) is 10.1 Å². The molecule has 2 aromatic carbocycles. The van der Waals surface area contributed by atoms with Crippen molar-refractivity contribution in [2.75, 3.05) is 0 Å². The SMILES string of the molecule is O=S(=O)(O)c1ccc2cc(O)ccc2c1.[KH].[KH]. The summed E-state index contributed by atoms with van der Waals surface area (Å²) in [5, 5.41) is 10.5. The molecule has 0 unspecified atom stereocenters. The van der Waals surface area contributed by atoms with Crippen LogP contribution >= 0.6 is 0 Å². The molecule has 2 aromatic rings. The predicted molar refractivity (Wildman–Crippen MR) is 69.7 cm³/mol. The predicted octanol–water partition coefficient (Wildman–Crippen LogP) is 0.495. The molecule has 0 atom stereocenters. The Morgan fingerprint density at radius 1 is 0.882 bits per heavy atom. The molecule has 0 saturated heterocycles. The molecule has 0 fully saturated rings. The second-order valence-corrected chi connectivity index (χ2v) is 4.59. The van der Waals surface area contributed by atoms with Gasteiger partial charge in [0.05, 0.1) is 4.90 Å². The van der Waals surface area contributed by atoms with Gasteiger partial charge in [-0.1, -0.05) is 12.1 Å². The van der Waals surface area contributed by atoms with Crippen molar-refractivity contribution >= 4 is 124 Å². The summed E-state index contributed by atoms with van der Waals surface area (Å²) in [6.07, 6.45) is 0. The fraction of sp³-hybridized carbons (Fsp3) is 0. The standard InChI is InChI=1S/C10H8O4S.2K.2H/c11-9-3-1-8-6-10(15(12,13)14)4-2-7(8)5-9;;;;/h1-6,11H,(H,12,13,14);;;;. The van der Waals surface area contributed by atoms with Gasteiger partial charge >= 0.3 is 103 Å². The Bertz CT molecular complexity index is 625. The zero-order chi connectivity index (χ0) is 11.1. The second kappa shape index (κ2) is 7.46. The molecule has 82 valence electrons. The van der Waals surface area contributed by atoms with Gasteiger partial charge in [-0.05, 0) is 35.0 Å². The first-order valence-corrected chi connectivity index (χ1v) is 5.61. The first kappa shape index (κ1) is 18.7. The Morgan fingerprint density at radius 2 is 1.41 bits per heavy atom. The number of rotatable bonds is 1. The Balaban J connectivity index is 0.00000128. The molecule has 4 nitrogen and oxygen atoms in total. The van der Waals surface area contributed by atoms with E-state index in [-0.39, 0.29) is 113 Å². The molecule has 17 heavy (non-hydrogen) atoms. The van der Waals surface area contributed by atoms with Gasteiger partial charge < -0.3 is 5.11 Å². The molecule has 0 aliphatic rings. The van der Waals surface area contributed by atoms with Crippen molar-refractivity contribution in [3.8, 4) is 5.75 Å². The Kier molecular flexibility index (Phi) is 8.20. The van der Waals surface area contributed by atoms with Crippen LogP contribution < -0.4 is 0 Å². The van der Waals surface area contributed by atoms with Gasteiger partial charge in [-0.3, -0.25) is 4.55 Å². The van der Waals surface area contributed by atoms with Gasteiger partial charge in [0.15, 0.2) is 0 Å². The van der Waals surface area contributed by atoms with Crippen molar-refractivity contribution in [1.82, 2.24) is 0 Å². The summed E-state index contributed by atoms with van der Waals surface area (Å²) < 4.78 is 30.5. The van der Waals surface area contributed by atoms with Crippen LogP contribution in [0.15, 0.2) is 41.3 Å². The molecule has 2 rings (SSSR count). The van der Waals surface area contributed by atoms with E-state index in [1.54, 1.807) is 6.07 Å². The topological polar surface area (TPSA) is 74.6 Å². The third kappa shape index (κ3) is 4.94. The van der Waals surface area contributed by atoms with Gasteiger partial charge in [-0.2, -0.15) is 8.42 Å². The molecule has 0 saturated carbocycles. The molecule has 0 aliphatic heterocycles. The van der Waals surface area contributed by atoms with E-state index >= 15 is 0 Å². The minimum absolute atomic E-state index is 0. The van der Waals surface area contributed by atoms with E-state index in [9.17, 15) is 13.5 Å². The van der Waals surface area contributed by atoms with Gasteiger partial charge in [-0.25, -0.2) is 0 Å². The van der Waals surface area contributed by atoms with E-state index < -0.39 is 10.1 Å². The number of fused-ring (bicyclic) bond motifs is 1. The molecule has 0 aromatic heterocycles. The first-order valence-electron chi connectivity index (χ1n) is 4.17. The molecule has 0 aliphatic carbocycles. The number of hydrogen-bond acceptors (Lipinski definition) is 3. The molecule has 7 heteroatoms. The third-order valence-electron chi connectivity index (χ3n) is 2.09. The number of phenolic OH excluding ortho intramolecular Hbond substituents is 1. The molecule has 0 bridgehead atoms. The van der Waals surface area contributed by atoms with E-state index in [2.05, 4.69) is 0 Å². The number of benzene rings is 2. The maximum absolute atomic E-state index is 10.8. The van der Waals surface area contributed by atoms with Crippen LogP contribution in [0.4, 0.5) is 0 Å². The summed E-state index contributed by atoms with van der Waals surface area (Å²) in [5.74, 6) is 0.113. The quantitative estimate of drug-likeness (QED) is 0.594. The maximum atomic E-state index is 10.8. The van der Waals surface area contributed by atoms with Crippen LogP contribution in [0.1, 0.15) is 0 Å². The van der Waals surface area contributed by atoms with E-state index in [0.29, 0.717) is 10.8 Å². The van der Waals surface area contributed by atoms with Crippen LogP contribution in [-0.4, -0.2) is 121 Å². The van der Waals surface area contributed by atoms with Crippen LogP contribution in [0.3, 0.4) is 0 Å². The number of aromatic hydroxyl groups is 1. The van der Waals surface area contributed by atoms with E-state index in [4.69, 9.17) is 4.55 Å². The van der Waals surface area contributed by atoms with Gasteiger partial charge in [0.25, 0.3) is 10.1 Å². The van der Waals surface area contributed by atoms with Crippen molar-refractivity contribution in [3.63, 3.8) is 0 Å². The van der Waals surface area contributed by atoms with Gasteiger partial charge in [-0.15, -0.1) is 0 Å². The molecule has 0 amide bonds. The monoisotopic (exact) mass is 304 g/mol. The van der Waals surface area contributed by atoms with Crippen molar-refractivity contribution in [1.29, 1.82) is 0 Å². The second-order valence-electron chi connectivity index (χ2n) is 3.17. The van der Waals surface area contributed by atoms with Crippen LogP contribution in [0, 0.1) is 0 Å². The van der Waals surface area contributed by atoms with Crippen LogP contribution in [0.5, 0.6) is 5.75 Å². The first-order chi connectivity index (χ1) is 6.97. The van der Waals surface area contributed by atoms with Gasteiger partial charge in [0, 0.05) is 0 Å². The molecule has 0 spiro atoms. The van der Waals surface area contributed by atoms with Crippen molar-refractivity contribution < 1.29 is 18.1 Å². The molecular formula is C10H10K2O4S. The summed E-state index contributed by atoms with van der Waals surface area (Å²) in [7, 11) is -4.17. The summed E-state index contributed by atoms with van der Waals surface area (Å²) in [4.78, 5) is -0.152. The average molecular weight is 304 g/mol. The zero-order valence-corrected chi connectivity index (χ0v) is 8.40. The Morgan fingerprint density at radius 3 is 2.00 bits per heavy atom. The fourth-order valence-electron chi connectivity index (χ4n) is 1.37. The molecule has 0 radical (unpaired) electrons. The van der Waals surface area contributed by atoms with E-state index in [1.807, 2.05) is 0 Å². The molecular weight excluding hydrogens is 294 g/mol. The molecule has 2 N–H and O–H groups in total. The van der Waals surface area contributed by atoms with Crippen LogP contribution in [0.25, 0.3) is 10.8 Å². The van der Waals surface area contributed by atoms with Crippen molar-refractivity contribution in [2.45, 2.75) is 4.90 Å². The third-order valence-corrected chi connectivity index (χ3v) is 2.94. The number of hydrogen-bond donors (Lipinski definition) is 2. The Hall–Kier alpha value is 1.68. The number of phenols is 1. The average Bonchev–Trinajstić information content (AvgIpc) is 2.15. The summed E-state index contributed by atoms with van der Waals surface area (Å²) >= 11 is 0. The van der Waals surface area contributed by atoms with Crippen LogP contribution in [0.2, 0.25) is 0 Å². The normalized spacial score (nSPS) is 10.4. The Labute approximate surface area is 184 Å². The van der Waals surface area contributed by atoms with E-state index in [1.165, 1.54) is 30.3 Å². The van der Waals surface area contributed by atoms with Crippen molar-refractivity contribution in [2.24, 2.45) is 0 Å².